The summed E-state index contributed by atoms with van der Waals surface area (Å²) < 4.78 is 10.3. The zero-order chi connectivity index (χ0) is 11.4. The fourth-order valence-corrected chi connectivity index (χ4v) is 2.64. The van der Waals surface area contributed by atoms with Gasteiger partial charge in [0.05, 0.1) is 26.9 Å². The molecule has 1 aliphatic rings. The zero-order valence-corrected chi connectivity index (χ0v) is 10.1. The number of aliphatic hydroxyl groups is 1. The topological polar surface area (TPSA) is 38.7 Å². The molecule has 16 heavy (non-hydrogen) atoms. The predicted molar refractivity (Wildman–Crippen MR) is 64.1 cm³/mol. The van der Waals surface area contributed by atoms with Crippen molar-refractivity contribution < 1.29 is 14.6 Å². The van der Waals surface area contributed by atoms with E-state index in [0.29, 0.717) is 13.2 Å². The standard InChI is InChI=1S/C12H16O3S/c1-14-10-3-2-4-11(5-10)16-9-12(6-13)7-15-8-12/h2-5,13H,6-9H2,1H3. The van der Waals surface area contributed by atoms with Gasteiger partial charge in [-0.3, -0.25) is 0 Å². The molecule has 1 aromatic rings. The van der Waals surface area contributed by atoms with Crippen LogP contribution in [-0.4, -0.2) is 37.8 Å². The molecule has 88 valence electrons. The van der Waals surface area contributed by atoms with Gasteiger partial charge in [-0.05, 0) is 18.2 Å². The lowest BCUT2D eigenvalue weighted by Crippen LogP contribution is -2.47. The van der Waals surface area contributed by atoms with Gasteiger partial charge in [-0.1, -0.05) is 6.07 Å². The van der Waals surface area contributed by atoms with E-state index in [2.05, 4.69) is 6.07 Å². The van der Waals surface area contributed by atoms with Crippen LogP contribution in [0.25, 0.3) is 0 Å². The Balaban J connectivity index is 1.93. The molecule has 1 fully saturated rings. The van der Waals surface area contributed by atoms with Gasteiger partial charge in [0.1, 0.15) is 5.75 Å². The maximum Gasteiger partial charge on any atom is 0.119 e. The molecule has 0 atom stereocenters. The molecule has 0 radical (unpaired) electrons. The second-order valence-electron chi connectivity index (χ2n) is 4.12. The molecule has 1 aromatic carbocycles. The van der Waals surface area contributed by atoms with Crippen LogP contribution in [0.4, 0.5) is 0 Å². The summed E-state index contributed by atoms with van der Waals surface area (Å²) in [6, 6.07) is 7.97. The number of methoxy groups -OCH3 is 1. The van der Waals surface area contributed by atoms with Crippen molar-refractivity contribution in [1.29, 1.82) is 0 Å². The molecule has 1 N–H and O–H groups in total. The average Bonchev–Trinajstić information content (AvgIpc) is 2.29. The van der Waals surface area contributed by atoms with Crippen LogP contribution < -0.4 is 4.74 Å². The van der Waals surface area contributed by atoms with Gasteiger partial charge in [0, 0.05) is 16.1 Å². The molecule has 1 heterocycles. The Labute approximate surface area is 99.8 Å². The first-order valence-electron chi connectivity index (χ1n) is 5.23. The molecule has 0 amide bonds. The van der Waals surface area contributed by atoms with Crippen LogP contribution in [0.5, 0.6) is 5.75 Å². The van der Waals surface area contributed by atoms with Gasteiger partial charge in [-0.15, -0.1) is 11.8 Å². The molecule has 1 aliphatic heterocycles. The second-order valence-corrected chi connectivity index (χ2v) is 5.17. The number of rotatable bonds is 5. The van der Waals surface area contributed by atoms with Crippen molar-refractivity contribution in [2.75, 3.05) is 32.7 Å². The number of benzene rings is 1. The predicted octanol–water partition coefficient (Wildman–Crippen LogP) is 1.80. The van der Waals surface area contributed by atoms with Crippen molar-refractivity contribution in [3.63, 3.8) is 0 Å². The highest BCUT2D eigenvalue weighted by molar-refractivity contribution is 7.99. The van der Waals surface area contributed by atoms with E-state index in [0.717, 1.165) is 11.5 Å². The number of ether oxygens (including phenoxy) is 2. The molecule has 4 heteroatoms. The molecule has 0 unspecified atom stereocenters. The van der Waals surface area contributed by atoms with Crippen LogP contribution in [0, 0.1) is 5.41 Å². The van der Waals surface area contributed by atoms with E-state index in [1.54, 1.807) is 18.9 Å². The average molecular weight is 240 g/mol. The van der Waals surface area contributed by atoms with Crippen molar-refractivity contribution in [2.45, 2.75) is 4.90 Å². The van der Waals surface area contributed by atoms with Gasteiger partial charge in [-0.2, -0.15) is 0 Å². The minimum absolute atomic E-state index is 0.0340. The fourth-order valence-electron chi connectivity index (χ4n) is 1.54. The fraction of sp³-hybridized carbons (Fsp3) is 0.500. The molecule has 0 aliphatic carbocycles. The maximum absolute atomic E-state index is 9.30. The Morgan fingerprint density at radius 2 is 2.31 bits per heavy atom. The summed E-state index contributed by atoms with van der Waals surface area (Å²) in [5.41, 5.74) is -0.0340. The first-order valence-corrected chi connectivity index (χ1v) is 6.22. The quantitative estimate of drug-likeness (QED) is 0.796. The summed E-state index contributed by atoms with van der Waals surface area (Å²) in [6.07, 6.45) is 0. The minimum atomic E-state index is -0.0340. The summed E-state index contributed by atoms with van der Waals surface area (Å²) >= 11 is 1.74. The first kappa shape index (κ1) is 11.8. The van der Waals surface area contributed by atoms with Crippen LogP contribution in [0.15, 0.2) is 29.2 Å². The molecule has 2 rings (SSSR count). The monoisotopic (exact) mass is 240 g/mol. The molecular weight excluding hydrogens is 224 g/mol. The Morgan fingerprint density at radius 3 is 2.88 bits per heavy atom. The Bertz CT molecular complexity index is 344. The SMILES string of the molecule is COc1cccc(SCC2(CO)COC2)c1. The van der Waals surface area contributed by atoms with Crippen LogP contribution in [-0.2, 0) is 4.74 Å². The zero-order valence-electron chi connectivity index (χ0n) is 9.31. The number of aliphatic hydroxyl groups excluding tert-OH is 1. The van der Waals surface area contributed by atoms with E-state index in [1.807, 2.05) is 18.2 Å². The molecule has 3 nitrogen and oxygen atoms in total. The second kappa shape index (κ2) is 5.08. The third-order valence-electron chi connectivity index (χ3n) is 2.74. The van der Waals surface area contributed by atoms with Gasteiger partial charge in [0.25, 0.3) is 0 Å². The van der Waals surface area contributed by atoms with Crippen LogP contribution >= 0.6 is 11.8 Å². The number of thioether (sulfide) groups is 1. The highest BCUT2D eigenvalue weighted by atomic mass is 32.2. The van der Waals surface area contributed by atoms with Crippen molar-refractivity contribution in [2.24, 2.45) is 5.41 Å². The summed E-state index contributed by atoms with van der Waals surface area (Å²) in [4.78, 5) is 1.17. The van der Waals surface area contributed by atoms with E-state index < -0.39 is 0 Å². The van der Waals surface area contributed by atoms with E-state index in [-0.39, 0.29) is 12.0 Å². The largest absolute Gasteiger partial charge is 0.497 e. The highest BCUT2D eigenvalue weighted by Crippen LogP contribution is 2.34. The Hall–Kier alpha value is -0.710. The van der Waals surface area contributed by atoms with Crippen LogP contribution in [0.1, 0.15) is 0 Å². The Kier molecular flexibility index (Phi) is 3.74. The molecule has 0 aromatic heterocycles. The normalized spacial score (nSPS) is 17.9. The van der Waals surface area contributed by atoms with E-state index >= 15 is 0 Å². The lowest BCUT2D eigenvalue weighted by Gasteiger charge is -2.39. The summed E-state index contributed by atoms with van der Waals surface area (Å²) in [6.45, 7) is 1.53. The van der Waals surface area contributed by atoms with E-state index in [4.69, 9.17) is 9.47 Å². The van der Waals surface area contributed by atoms with Crippen molar-refractivity contribution in [3.05, 3.63) is 24.3 Å². The lowest BCUT2D eigenvalue weighted by molar-refractivity contribution is -0.121. The van der Waals surface area contributed by atoms with Crippen molar-refractivity contribution in [3.8, 4) is 5.75 Å². The summed E-state index contributed by atoms with van der Waals surface area (Å²) in [7, 11) is 1.67. The maximum atomic E-state index is 9.30. The van der Waals surface area contributed by atoms with Gasteiger partial charge in [0.15, 0.2) is 0 Å². The van der Waals surface area contributed by atoms with E-state index in [1.165, 1.54) is 4.90 Å². The van der Waals surface area contributed by atoms with Gasteiger partial charge in [-0.25, -0.2) is 0 Å². The first-order chi connectivity index (χ1) is 7.78. The Morgan fingerprint density at radius 1 is 1.50 bits per heavy atom. The summed E-state index contributed by atoms with van der Waals surface area (Å²) in [5, 5.41) is 9.30. The van der Waals surface area contributed by atoms with Crippen LogP contribution in [0.2, 0.25) is 0 Å². The van der Waals surface area contributed by atoms with E-state index in [9.17, 15) is 5.11 Å². The lowest BCUT2D eigenvalue weighted by atomic mass is 9.90. The molecule has 0 saturated carbocycles. The highest BCUT2D eigenvalue weighted by Gasteiger charge is 2.37. The van der Waals surface area contributed by atoms with Gasteiger partial charge >= 0.3 is 0 Å². The van der Waals surface area contributed by atoms with Gasteiger partial charge in [0.2, 0.25) is 0 Å². The molecule has 0 spiro atoms. The number of hydrogen-bond donors (Lipinski definition) is 1. The molecular formula is C12H16O3S. The number of hydrogen-bond acceptors (Lipinski definition) is 4. The molecule has 0 bridgehead atoms. The van der Waals surface area contributed by atoms with Crippen molar-refractivity contribution in [1.82, 2.24) is 0 Å². The van der Waals surface area contributed by atoms with Gasteiger partial charge < -0.3 is 14.6 Å². The third-order valence-corrected chi connectivity index (χ3v) is 4.08. The summed E-state index contributed by atoms with van der Waals surface area (Å²) in [5.74, 6) is 1.75. The molecule has 1 saturated heterocycles. The van der Waals surface area contributed by atoms with Crippen molar-refractivity contribution >= 4 is 11.8 Å². The third kappa shape index (κ3) is 2.51. The van der Waals surface area contributed by atoms with Crippen LogP contribution in [0.3, 0.4) is 0 Å². The smallest absolute Gasteiger partial charge is 0.119 e. The minimum Gasteiger partial charge on any atom is -0.497 e.